The van der Waals surface area contributed by atoms with Gasteiger partial charge in [-0.05, 0) is 18.2 Å². The summed E-state index contributed by atoms with van der Waals surface area (Å²) in [6.45, 7) is 0. The molecule has 1 fully saturated rings. The lowest BCUT2D eigenvalue weighted by Crippen LogP contribution is -2.37. The fraction of sp³-hybridized carbons (Fsp3) is 0.235. The zero-order chi connectivity index (χ0) is 16.8. The molecule has 2 aliphatic rings. The standard InChI is InChI=1S/C17H14N2O5/c1-23-13-5-8-3-2-4-18-10(8)6-9(13)17(22)19-11-7-12(20)15-16(24-15)14(11)21/h2-7,14-16,21H,1H3,(H,19,22). The van der Waals surface area contributed by atoms with Gasteiger partial charge in [-0.2, -0.15) is 0 Å². The number of nitrogens with zero attached hydrogens (tertiary/aromatic N) is 1. The summed E-state index contributed by atoms with van der Waals surface area (Å²) in [5.41, 5.74) is 1.04. The lowest BCUT2D eigenvalue weighted by molar-refractivity contribution is -0.116. The molecule has 2 heterocycles. The highest BCUT2D eigenvalue weighted by molar-refractivity contribution is 6.03. The quantitative estimate of drug-likeness (QED) is 0.800. The minimum atomic E-state index is -1.03. The Morgan fingerprint density at radius 2 is 2.25 bits per heavy atom. The molecular weight excluding hydrogens is 312 g/mol. The van der Waals surface area contributed by atoms with Crippen molar-refractivity contribution >= 4 is 22.6 Å². The Labute approximate surface area is 136 Å². The molecule has 2 aromatic rings. The van der Waals surface area contributed by atoms with E-state index < -0.39 is 24.2 Å². The molecule has 0 bridgehead atoms. The number of aromatic nitrogens is 1. The number of carbonyl (C=O) groups is 2. The molecule has 1 saturated heterocycles. The molecule has 3 atom stereocenters. The smallest absolute Gasteiger partial charge is 0.259 e. The Balaban J connectivity index is 1.67. The average molecular weight is 326 g/mol. The zero-order valence-corrected chi connectivity index (χ0v) is 12.7. The molecule has 7 heteroatoms. The second-order valence-electron chi connectivity index (χ2n) is 5.67. The van der Waals surface area contributed by atoms with Gasteiger partial charge in [0.15, 0.2) is 5.78 Å². The zero-order valence-electron chi connectivity index (χ0n) is 12.7. The van der Waals surface area contributed by atoms with Gasteiger partial charge in [0.2, 0.25) is 0 Å². The number of nitrogens with one attached hydrogen (secondary N) is 1. The number of amides is 1. The Kier molecular flexibility index (Phi) is 3.33. The van der Waals surface area contributed by atoms with Crippen LogP contribution in [-0.2, 0) is 9.53 Å². The summed E-state index contributed by atoms with van der Waals surface area (Å²) in [6.07, 6.45) is 0.662. The molecule has 0 radical (unpaired) electrons. The highest BCUT2D eigenvalue weighted by Gasteiger charge is 2.53. The van der Waals surface area contributed by atoms with Crippen LogP contribution in [0.25, 0.3) is 10.9 Å². The summed E-state index contributed by atoms with van der Waals surface area (Å²) < 4.78 is 10.4. The van der Waals surface area contributed by atoms with Crippen molar-refractivity contribution in [3.8, 4) is 5.75 Å². The topological polar surface area (TPSA) is 101 Å². The maximum absolute atomic E-state index is 12.6. The van der Waals surface area contributed by atoms with Gasteiger partial charge in [0.05, 0.1) is 23.9 Å². The average Bonchev–Trinajstić information content (AvgIpc) is 3.39. The predicted molar refractivity (Wildman–Crippen MR) is 83.5 cm³/mol. The first-order chi connectivity index (χ1) is 11.6. The third-order valence-electron chi connectivity index (χ3n) is 4.16. The molecule has 0 spiro atoms. The fourth-order valence-electron chi connectivity index (χ4n) is 2.84. The van der Waals surface area contributed by atoms with E-state index in [9.17, 15) is 14.7 Å². The monoisotopic (exact) mass is 326 g/mol. The van der Waals surface area contributed by atoms with Crippen LogP contribution in [0.5, 0.6) is 5.75 Å². The van der Waals surface area contributed by atoms with E-state index in [1.807, 2.05) is 6.07 Å². The molecule has 24 heavy (non-hydrogen) atoms. The number of aliphatic hydroxyl groups is 1. The van der Waals surface area contributed by atoms with Gasteiger partial charge >= 0.3 is 0 Å². The number of ether oxygens (including phenoxy) is 2. The number of hydrogen-bond acceptors (Lipinski definition) is 6. The number of fused-ring (bicyclic) bond motifs is 2. The number of benzene rings is 1. The van der Waals surface area contributed by atoms with E-state index >= 15 is 0 Å². The highest BCUT2D eigenvalue weighted by atomic mass is 16.6. The SMILES string of the molecule is COc1cc2cccnc2cc1C(=O)NC1=CC(=O)C2OC2C1O. The largest absolute Gasteiger partial charge is 0.496 e. The van der Waals surface area contributed by atoms with E-state index in [1.165, 1.54) is 13.2 Å². The normalized spacial score (nSPS) is 25.0. The van der Waals surface area contributed by atoms with Crippen molar-refractivity contribution in [2.45, 2.75) is 18.3 Å². The fourth-order valence-corrected chi connectivity index (χ4v) is 2.84. The minimum Gasteiger partial charge on any atom is -0.496 e. The van der Waals surface area contributed by atoms with Crippen LogP contribution < -0.4 is 10.1 Å². The van der Waals surface area contributed by atoms with Crippen molar-refractivity contribution in [2.75, 3.05) is 7.11 Å². The summed E-state index contributed by atoms with van der Waals surface area (Å²) in [5.74, 6) is -0.366. The maximum Gasteiger partial charge on any atom is 0.259 e. The van der Waals surface area contributed by atoms with Gasteiger partial charge in [0.1, 0.15) is 24.1 Å². The van der Waals surface area contributed by atoms with Crippen LogP contribution in [-0.4, -0.2) is 47.2 Å². The van der Waals surface area contributed by atoms with Gasteiger partial charge in [-0.3, -0.25) is 14.6 Å². The number of aliphatic hydroxyl groups excluding tert-OH is 1. The number of epoxide rings is 1. The van der Waals surface area contributed by atoms with Crippen LogP contribution in [0.4, 0.5) is 0 Å². The van der Waals surface area contributed by atoms with Gasteiger partial charge in [-0.1, -0.05) is 6.07 Å². The molecule has 1 aliphatic carbocycles. The number of methoxy groups -OCH3 is 1. The third kappa shape index (κ3) is 2.34. The molecule has 3 unspecified atom stereocenters. The van der Waals surface area contributed by atoms with Gasteiger partial charge in [-0.25, -0.2) is 0 Å². The molecule has 1 amide bonds. The molecule has 0 saturated carbocycles. The number of carbonyl (C=O) groups excluding carboxylic acids is 2. The lowest BCUT2D eigenvalue weighted by Gasteiger charge is -2.18. The van der Waals surface area contributed by atoms with Crippen molar-refractivity contribution in [3.05, 3.63) is 47.8 Å². The summed E-state index contributed by atoms with van der Waals surface area (Å²) in [6, 6.07) is 6.98. The first-order valence-electron chi connectivity index (χ1n) is 7.41. The Hall–Kier alpha value is -2.77. The lowest BCUT2D eigenvalue weighted by atomic mass is 10.00. The third-order valence-corrected chi connectivity index (χ3v) is 4.16. The van der Waals surface area contributed by atoms with Crippen LogP contribution in [0.2, 0.25) is 0 Å². The summed E-state index contributed by atoms with van der Waals surface area (Å²) in [4.78, 5) is 28.5. The first kappa shape index (κ1) is 14.8. The van der Waals surface area contributed by atoms with E-state index in [1.54, 1.807) is 24.4 Å². The van der Waals surface area contributed by atoms with Crippen molar-refractivity contribution in [1.29, 1.82) is 0 Å². The van der Waals surface area contributed by atoms with Crippen LogP contribution in [0.3, 0.4) is 0 Å². The first-order valence-corrected chi connectivity index (χ1v) is 7.41. The summed E-state index contributed by atoms with van der Waals surface area (Å²) in [5, 5.41) is 13.5. The molecule has 7 nitrogen and oxygen atoms in total. The van der Waals surface area contributed by atoms with Crippen LogP contribution in [0.1, 0.15) is 10.4 Å². The predicted octanol–water partition coefficient (Wildman–Crippen LogP) is 0.568. The highest BCUT2D eigenvalue weighted by Crippen LogP contribution is 2.34. The molecule has 1 aromatic heterocycles. The maximum atomic E-state index is 12.6. The van der Waals surface area contributed by atoms with E-state index in [2.05, 4.69) is 10.3 Å². The summed E-state index contributed by atoms with van der Waals surface area (Å²) >= 11 is 0. The molecular formula is C17H14N2O5. The molecule has 1 aromatic carbocycles. The number of ketones is 1. The minimum absolute atomic E-state index is 0.131. The Morgan fingerprint density at radius 1 is 1.42 bits per heavy atom. The molecule has 4 rings (SSSR count). The van der Waals surface area contributed by atoms with Crippen molar-refractivity contribution < 1.29 is 24.2 Å². The summed E-state index contributed by atoms with van der Waals surface area (Å²) in [7, 11) is 1.47. The van der Waals surface area contributed by atoms with E-state index in [-0.39, 0.29) is 17.0 Å². The van der Waals surface area contributed by atoms with Crippen molar-refractivity contribution in [2.24, 2.45) is 0 Å². The second-order valence-corrected chi connectivity index (χ2v) is 5.67. The number of rotatable bonds is 3. The van der Waals surface area contributed by atoms with E-state index in [0.717, 1.165) is 5.39 Å². The van der Waals surface area contributed by atoms with Crippen LogP contribution >= 0.6 is 0 Å². The second kappa shape index (κ2) is 5.40. The van der Waals surface area contributed by atoms with Crippen molar-refractivity contribution in [1.82, 2.24) is 10.3 Å². The van der Waals surface area contributed by atoms with Crippen LogP contribution in [0.15, 0.2) is 42.2 Å². The Morgan fingerprint density at radius 3 is 3.04 bits per heavy atom. The molecule has 122 valence electrons. The van der Waals surface area contributed by atoms with Gasteiger partial charge in [0.25, 0.3) is 5.91 Å². The van der Waals surface area contributed by atoms with Crippen molar-refractivity contribution in [3.63, 3.8) is 0 Å². The van der Waals surface area contributed by atoms with Gasteiger partial charge < -0.3 is 19.9 Å². The molecule has 1 aliphatic heterocycles. The Bertz CT molecular complexity index is 892. The van der Waals surface area contributed by atoms with E-state index in [0.29, 0.717) is 11.3 Å². The number of hydrogen-bond donors (Lipinski definition) is 2. The van der Waals surface area contributed by atoms with Crippen LogP contribution in [0, 0.1) is 0 Å². The van der Waals surface area contributed by atoms with Gasteiger partial charge in [0, 0.05) is 17.7 Å². The number of pyridine rings is 1. The molecule has 2 N–H and O–H groups in total. The van der Waals surface area contributed by atoms with Gasteiger partial charge in [-0.15, -0.1) is 0 Å². The van der Waals surface area contributed by atoms with E-state index in [4.69, 9.17) is 9.47 Å².